The van der Waals surface area contributed by atoms with Gasteiger partial charge in [-0.25, -0.2) is 4.68 Å². The summed E-state index contributed by atoms with van der Waals surface area (Å²) in [6, 6.07) is 9.19. The average Bonchev–Trinajstić information content (AvgIpc) is 3.36. The number of nitrogens with zero attached hydrogens (tertiary/aromatic N) is 5. The van der Waals surface area contributed by atoms with E-state index in [2.05, 4.69) is 63.3 Å². The van der Waals surface area contributed by atoms with Crippen molar-refractivity contribution in [3.05, 3.63) is 53.9 Å². The van der Waals surface area contributed by atoms with Crippen molar-refractivity contribution in [3.8, 4) is 5.69 Å². The molecule has 0 N–H and O–H groups in total. The number of amides is 1. The second-order valence-electron chi connectivity index (χ2n) is 9.93. The molecule has 5 rings (SSSR count). The van der Waals surface area contributed by atoms with Gasteiger partial charge < -0.3 is 4.90 Å². The first-order chi connectivity index (χ1) is 16.2. The maximum Gasteiger partial charge on any atom is 0.236 e. The van der Waals surface area contributed by atoms with Gasteiger partial charge in [-0.05, 0) is 43.9 Å². The maximum absolute atomic E-state index is 12.9. The van der Waals surface area contributed by atoms with Crippen LogP contribution in [0.5, 0.6) is 0 Å². The molecular formula is C27H37N5O. The average molecular weight is 448 g/mol. The van der Waals surface area contributed by atoms with Crippen molar-refractivity contribution in [2.24, 2.45) is 0 Å². The lowest BCUT2D eigenvalue weighted by molar-refractivity contribution is -0.134. The van der Waals surface area contributed by atoms with Gasteiger partial charge in [0.25, 0.3) is 0 Å². The van der Waals surface area contributed by atoms with E-state index in [1.165, 1.54) is 48.8 Å². The van der Waals surface area contributed by atoms with Crippen molar-refractivity contribution in [3.63, 3.8) is 0 Å². The highest BCUT2D eigenvalue weighted by molar-refractivity contribution is 5.78. The summed E-state index contributed by atoms with van der Waals surface area (Å²) in [6.45, 7) is 8.27. The third-order valence-electron chi connectivity index (χ3n) is 7.66. The third-order valence-corrected chi connectivity index (χ3v) is 7.66. The number of aryl methyl sites for hydroxylation is 1. The molecule has 0 spiro atoms. The van der Waals surface area contributed by atoms with Gasteiger partial charge in [0.05, 0.1) is 18.4 Å². The minimum atomic E-state index is 0.294. The van der Waals surface area contributed by atoms with Crippen LogP contribution in [0.1, 0.15) is 49.7 Å². The number of rotatable bonds is 5. The molecular weight excluding hydrogens is 410 g/mol. The first kappa shape index (κ1) is 22.4. The Kier molecular flexibility index (Phi) is 6.93. The molecule has 2 aliphatic heterocycles. The Hall–Kier alpha value is -2.44. The molecule has 1 aromatic heterocycles. The van der Waals surface area contributed by atoms with Gasteiger partial charge in [0, 0.05) is 57.1 Å². The van der Waals surface area contributed by atoms with Crippen LogP contribution in [-0.2, 0) is 4.79 Å². The predicted octanol–water partition coefficient (Wildman–Crippen LogP) is 3.75. The van der Waals surface area contributed by atoms with Crippen LogP contribution in [-0.4, -0.2) is 82.2 Å². The van der Waals surface area contributed by atoms with Crippen LogP contribution in [0.15, 0.2) is 42.7 Å². The molecule has 0 radical (unpaired) electrons. The molecule has 2 aromatic rings. The molecule has 2 fully saturated rings. The summed E-state index contributed by atoms with van der Waals surface area (Å²) in [5.74, 6) is 0.294. The van der Waals surface area contributed by atoms with E-state index in [1.54, 1.807) is 0 Å². The number of carbonyl (C=O) groups excluding carboxylic acids is 1. The van der Waals surface area contributed by atoms with Crippen molar-refractivity contribution in [1.29, 1.82) is 0 Å². The molecule has 0 unspecified atom stereocenters. The van der Waals surface area contributed by atoms with Crippen LogP contribution >= 0.6 is 0 Å². The molecule has 176 valence electrons. The standard InChI is InChI=1S/C27H37N5O/c1-22-7-9-26(10-8-22)32-20-24(19-28-32)23-11-13-29(14-12-23)21-27(33)31-17-15-30(16-18-31)25-5-3-2-4-6-25/h7-11,19-20,25H,2-6,12-18,21H2,1H3. The molecule has 1 aromatic carbocycles. The lowest BCUT2D eigenvalue weighted by Crippen LogP contribution is -2.54. The quantitative estimate of drug-likeness (QED) is 0.700. The molecule has 1 amide bonds. The van der Waals surface area contributed by atoms with Gasteiger partial charge in [-0.3, -0.25) is 14.6 Å². The number of hydrogen-bond donors (Lipinski definition) is 0. The van der Waals surface area contributed by atoms with Crippen molar-refractivity contribution >= 4 is 11.5 Å². The van der Waals surface area contributed by atoms with Crippen LogP contribution in [0, 0.1) is 6.92 Å². The first-order valence-electron chi connectivity index (χ1n) is 12.7. The van der Waals surface area contributed by atoms with Crippen LogP contribution in [0.3, 0.4) is 0 Å². The number of hydrogen-bond acceptors (Lipinski definition) is 4. The smallest absolute Gasteiger partial charge is 0.236 e. The Morgan fingerprint density at radius 3 is 2.45 bits per heavy atom. The summed E-state index contributed by atoms with van der Waals surface area (Å²) in [5, 5.41) is 4.56. The molecule has 6 heteroatoms. The van der Waals surface area contributed by atoms with Gasteiger partial charge in [-0.1, -0.05) is 43.0 Å². The number of benzene rings is 1. The maximum atomic E-state index is 12.9. The van der Waals surface area contributed by atoms with Gasteiger partial charge in [-0.2, -0.15) is 5.10 Å². The van der Waals surface area contributed by atoms with Gasteiger partial charge in [0.1, 0.15) is 0 Å². The van der Waals surface area contributed by atoms with E-state index in [-0.39, 0.29) is 0 Å². The Morgan fingerprint density at radius 1 is 1.00 bits per heavy atom. The van der Waals surface area contributed by atoms with E-state index in [0.717, 1.165) is 57.4 Å². The summed E-state index contributed by atoms with van der Waals surface area (Å²) >= 11 is 0. The molecule has 3 aliphatic rings. The SMILES string of the molecule is Cc1ccc(-n2cc(C3=CCN(CC(=O)N4CCN(C5CCCCC5)CC4)CC3)cn2)cc1. The molecule has 1 saturated carbocycles. The second-order valence-corrected chi connectivity index (χ2v) is 9.93. The lowest BCUT2D eigenvalue weighted by atomic mass is 9.94. The molecule has 0 atom stereocenters. The number of carbonyl (C=O) groups is 1. The largest absolute Gasteiger partial charge is 0.339 e. The summed E-state index contributed by atoms with van der Waals surface area (Å²) in [4.78, 5) is 19.9. The fraction of sp³-hybridized carbons (Fsp3) is 0.556. The van der Waals surface area contributed by atoms with Crippen LogP contribution < -0.4 is 0 Å². The summed E-state index contributed by atoms with van der Waals surface area (Å²) < 4.78 is 1.94. The molecule has 0 bridgehead atoms. The molecule has 1 saturated heterocycles. The first-order valence-corrected chi connectivity index (χ1v) is 12.7. The highest BCUT2D eigenvalue weighted by atomic mass is 16.2. The van der Waals surface area contributed by atoms with Crippen LogP contribution in [0.2, 0.25) is 0 Å². The van der Waals surface area contributed by atoms with E-state index in [1.807, 2.05) is 10.9 Å². The zero-order valence-electron chi connectivity index (χ0n) is 20.0. The van der Waals surface area contributed by atoms with E-state index in [0.29, 0.717) is 12.5 Å². The van der Waals surface area contributed by atoms with E-state index in [4.69, 9.17) is 0 Å². The molecule has 33 heavy (non-hydrogen) atoms. The number of aromatic nitrogens is 2. The van der Waals surface area contributed by atoms with Gasteiger partial charge in [0.15, 0.2) is 0 Å². The Balaban J connectivity index is 1.10. The van der Waals surface area contributed by atoms with Crippen LogP contribution in [0.4, 0.5) is 0 Å². The van der Waals surface area contributed by atoms with E-state index < -0.39 is 0 Å². The molecule has 6 nitrogen and oxygen atoms in total. The van der Waals surface area contributed by atoms with Crippen molar-refractivity contribution in [1.82, 2.24) is 24.5 Å². The predicted molar refractivity (Wildman–Crippen MR) is 132 cm³/mol. The minimum Gasteiger partial charge on any atom is -0.339 e. The summed E-state index contributed by atoms with van der Waals surface area (Å²) in [6.07, 6.45) is 14.1. The highest BCUT2D eigenvalue weighted by Gasteiger charge is 2.28. The fourth-order valence-corrected chi connectivity index (χ4v) is 5.52. The third kappa shape index (κ3) is 5.39. The van der Waals surface area contributed by atoms with Crippen LogP contribution in [0.25, 0.3) is 11.3 Å². The van der Waals surface area contributed by atoms with E-state index in [9.17, 15) is 4.79 Å². The Bertz CT molecular complexity index is 965. The van der Waals surface area contributed by atoms with E-state index >= 15 is 0 Å². The van der Waals surface area contributed by atoms with Gasteiger partial charge in [-0.15, -0.1) is 0 Å². The zero-order chi connectivity index (χ0) is 22.6. The highest BCUT2D eigenvalue weighted by Crippen LogP contribution is 2.25. The van der Waals surface area contributed by atoms with Gasteiger partial charge >= 0.3 is 0 Å². The van der Waals surface area contributed by atoms with Gasteiger partial charge in [0.2, 0.25) is 5.91 Å². The molecule has 3 heterocycles. The normalized spacial score (nSPS) is 21.2. The Morgan fingerprint density at radius 2 is 1.76 bits per heavy atom. The Labute approximate surface area is 197 Å². The summed E-state index contributed by atoms with van der Waals surface area (Å²) in [5.41, 5.74) is 4.85. The summed E-state index contributed by atoms with van der Waals surface area (Å²) in [7, 11) is 0. The zero-order valence-corrected chi connectivity index (χ0v) is 20.0. The van der Waals surface area contributed by atoms with Crippen molar-refractivity contribution in [2.45, 2.75) is 51.5 Å². The monoisotopic (exact) mass is 447 g/mol. The second kappa shape index (κ2) is 10.2. The number of piperazine rings is 1. The fourth-order valence-electron chi connectivity index (χ4n) is 5.52. The lowest BCUT2D eigenvalue weighted by Gasteiger charge is -2.41. The topological polar surface area (TPSA) is 44.6 Å². The van der Waals surface area contributed by atoms with Crippen molar-refractivity contribution < 1.29 is 4.79 Å². The minimum absolute atomic E-state index is 0.294. The molecule has 1 aliphatic carbocycles. The van der Waals surface area contributed by atoms with Crippen molar-refractivity contribution in [2.75, 3.05) is 45.8 Å².